The Kier molecular flexibility index (Phi) is 8.09. The van der Waals surface area contributed by atoms with Crippen molar-refractivity contribution < 1.29 is 14.4 Å². The van der Waals surface area contributed by atoms with E-state index in [0.717, 1.165) is 5.56 Å². The Morgan fingerprint density at radius 1 is 0.758 bits per heavy atom. The van der Waals surface area contributed by atoms with E-state index >= 15 is 0 Å². The molecule has 0 aliphatic heterocycles. The van der Waals surface area contributed by atoms with Crippen molar-refractivity contribution >= 4 is 52.4 Å². The van der Waals surface area contributed by atoms with Gasteiger partial charge in [-0.25, -0.2) is 4.79 Å². The molecule has 170 valence electrons. The Morgan fingerprint density at radius 2 is 1.33 bits per heavy atom. The standard InChI is InChI=1S/C25H23Cl2N3O3/c1-15(2)22(16-7-9-17(26)10-8-16)24(32)28-18-11-13-19(14-12-18)29-25(33)30-23(31)20-5-3-4-6-21(20)27/h3-15,22H,1-2H3,(H,28,32)(H2,29,30,31,33). The van der Waals surface area contributed by atoms with Gasteiger partial charge in [0.05, 0.1) is 16.5 Å². The number of hydrogen-bond acceptors (Lipinski definition) is 3. The summed E-state index contributed by atoms with van der Waals surface area (Å²) in [5, 5.41) is 8.58. The number of benzene rings is 3. The summed E-state index contributed by atoms with van der Waals surface area (Å²) in [6.07, 6.45) is 0. The first kappa shape index (κ1) is 24.3. The lowest BCUT2D eigenvalue weighted by Gasteiger charge is -2.21. The predicted molar refractivity (Wildman–Crippen MR) is 132 cm³/mol. The Labute approximate surface area is 202 Å². The van der Waals surface area contributed by atoms with Gasteiger partial charge in [0, 0.05) is 16.4 Å². The van der Waals surface area contributed by atoms with Crippen LogP contribution >= 0.6 is 23.2 Å². The second-order valence-electron chi connectivity index (χ2n) is 7.73. The number of imide groups is 1. The summed E-state index contributed by atoms with van der Waals surface area (Å²) in [7, 11) is 0. The lowest BCUT2D eigenvalue weighted by molar-refractivity contribution is -0.118. The van der Waals surface area contributed by atoms with Crippen LogP contribution in [0, 0.1) is 5.92 Å². The highest BCUT2D eigenvalue weighted by atomic mass is 35.5. The minimum Gasteiger partial charge on any atom is -0.326 e. The molecule has 3 N–H and O–H groups in total. The summed E-state index contributed by atoms with van der Waals surface area (Å²) in [4.78, 5) is 37.2. The van der Waals surface area contributed by atoms with Gasteiger partial charge in [0.1, 0.15) is 0 Å². The average molecular weight is 484 g/mol. The van der Waals surface area contributed by atoms with Crippen LogP contribution in [0.3, 0.4) is 0 Å². The lowest BCUT2D eigenvalue weighted by Crippen LogP contribution is -2.34. The van der Waals surface area contributed by atoms with Gasteiger partial charge < -0.3 is 10.6 Å². The number of anilines is 2. The van der Waals surface area contributed by atoms with E-state index in [1.165, 1.54) is 6.07 Å². The SMILES string of the molecule is CC(C)C(C(=O)Nc1ccc(NC(=O)NC(=O)c2ccccc2Cl)cc1)c1ccc(Cl)cc1. The first-order chi connectivity index (χ1) is 15.7. The maximum Gasteiger partial charge on any atom is 0.326 e. The second-order valence-corrected chi connectivity index (χ2v) is 8.57. The molecule has 0 fully saturated rings. The van der Waals surface area contributed by atoms with Crippen molar-refractivity contribution in [1.82, 2.24) is 5.32 Å². The topological polar surface area (TPSA) is 87.3 Å². The zero-order valence-electron chi connectivity index (χ0n) is 18.1. The van der Waals surface area contributed by atoms with Gasteiger partial charge in [-0.1, -0.05) is 61.3 Å². The molecule has 3 aromatic carbocycles. The summed E-state index contributed by atoms with van der Waals surface area (Å²) < 4.78 is 0. The van der Waals surface area contributed by atoms with Crippen LogP contribution < -0.4 is 16.0 Å². The van der Waals surface area contributed by atoms with E-state index in [1.54, 1.807) is 54.6 Å². The highest BCUT2D eigenvalue weighted by Gasteiger charge is 2.24. The Morgan fingerprint density at radius 3 is 1.91 bits per heavy atom. The monoisotopic (exact) mass is 483 g/mol. The number of hydrogen-bond donors (Lipinski definition) is 3. The number of amides is 4. The summed E-state index contributed by atoms with van der Waals surface area (Å²) in [5.74, 6) is -1.02. The second kappa shape index (κ2) is 11.0. The number of urea groups is 1. The van der Waals surface area contributed by atoms with Gasteiger partial charge in [-0.15, -0.1) is 0 Å². The highest BCUT2D eigenvalue weighted by Crippen LogP contribution is 2.27. The molecule has 0 heterocycles. The third kappa shape index (κ3) is 6.57. The fourth-order valence-corrected chi connectivity index (χ4v) is 3.69. The minimum absolute atomic E-state index is 0.0754. The lowest BCUT2D eigenvalue weighted by atomic mass is 9.87. The fraction of sp³-hybridized carbons (Fsp3) is 0.160. The molecule has 0 radical (unpaired) electrons. The van der Waals surface area contributed by atoms with Crippen LogP contribution in [0.4, 0.5) is 16.2 Å². The number of carbonyl (C=O) groups is 3. The fourth-order valence-electron chi connectivity index (χ4n) is 3.34. The number of carbonyl (C=O) groups excluding carboxylic acids is 3. The van der Waals surface area contributed by atoms with Crippen LogP contribution in [-0.4, -0.2) is 17.8 Å². The van der Waals surface area contributed by atoms with Crippen LogP contribution in [0.1, 0.15) is 35.7 Å². The van der Waals surface area contributed by atoms with E-state index in [0.29, 0.717) is 16.4 Å². The Hall–Kier alpha value is -3.35. The largest absolute Gasteiger partial charge is 0.326 e. The van der Waals surface area contributed by atoms with E-state index in [4.69, 9.17) is 23.2 Å². The molecule has 4 amide bonds. The van der Waals surface area contributed by atoms with Crippen molar-refractivity contribution in [3.63, 3.8) is 0 Å². The van der Waals surface area contributed by atoms with Crippen LogP contribution in [0.2, 0.25) is 10.0 Å². The predicted octanol–water partition coefficient (Wildman–Crippen LogP) is 6.33. The van der Waals surface area contributed by atoms with Crippen LogP contribution in [0.5, 0.6) is 0 Å². The van der Waals surface area contributed by atoms with E-state index in [9.17, 15) is 14.4 Å². The minimum atomic E-state index is -0.695. The molecule has 3 rings (SSSR count). The molecule has 0 aliphatic rings. The van der Waals surface area contributed by atoms with E-state index in [2.05, 4.69) is 16.0 Å². The van der Waals surface area contributed by atoms with E-state index in [1.807, 2.05) is 26.0 Å². The Bertz CT molecular complexity index is 1150. The van der Waals surface area contributed by atoms with Crippen molar-refractivity contribution in [1.29, 1.82) is 0 Å². The average Bonchev–Trinajstić information content (AvgIpc) is 2.76. The van der Waals surface area contributed by atoms with E-state index in [-0.39, 0.29) is 28.3 Å². The maximum atomic E-state index is 12.9. The first-order valence-electron chi connectivity index (χ1n) is 10.3. The van der Waals surface area contributed by atoms with E-state index < -0.39 is 11.9 Å². The third-order valence-corrected chi connectivity index (χ3v) is 5.52. The van der Waals surface area contributed by atoms with Crippen LogP contribution in [-0.2, 0) is 4.79 Å². The maximum absolute atomic E-state index is 12.9. The summed E-state index contributed by atoms with van der Waals surface area (Å²) in [5.41, 5.74) is 2.12. The molecule has 1 atom stereocenters. The molecule has 0 aliphatic carbocycles. The quantitative estimate of drug-likeness (QED) is 0.382. The highest BCUT2D eigenvalue weighted by molar-refractivity contribution is 6.34. The smallest absolute Gasteiger partial charge is 0.326 e. The van der Waals surface area contributed by atoms with Crippen molar-refractivity contribution in [2.75, 3.05) is 10.6 Å². The molecule has 0 spiro atoms. The third-order valence-electron chi connectivity index (χ3n) is 4.93. The van der Waals surface area contributed by atoms with Crippen molar-refractivity contribution in [3.8, 4) is 0 Å². The van der Waals surface area contributed by atoms with Gasteiger partial charge >= 0.3 is 6.03 Å². The van der Waals surface area contributed by atoms with Crippen LogP contribution in [0.25, 0.3) is 0 Å². The van der Waals surface area contributed by atoms with Crippen molar-refractivity contribution in [2.45, 2.75) is 19.8 Å². The zero-order chi connectivity index (χ0) is 24.0. The molecule has 0 saturated heterocycles. The molecular formula is C25H23Cl2N3O3. The van der Waals surface area contributed by atoms with Crippen molar-refractivity contribution in [2.24, 2.45) is 5.92 Å². The number of halogens is 2. The molecule has 1 unspecified atom stereocenters. The van der Waals surface area contributed by atoms with Gasteiger partial charge in [0.25, 0.3) is 5.91 Å². The van der Waals surface area contributed by atoms with Gasteiger partial charge in [-0.3, -0.25) is 14.9 Å². The van der Waals surface area contributed by atoms with Gasteiger partial charge in [0.15, 0.2) is 0 Å². The van der Waals surface area contributed by atoms with Crippen LogP contribution in [0.15, 0.2) is 72.8 Å². The summed E-state index contributed by atoms with van der Waals surface area (Å²) >= 11 is 11.9. The normalized spacial score (nSPS) is 11.5. The first-order valence-corrected chi connectivity index (χ1v) is 11.0. The molecule has 0 saturated carbocycles. The Balaban J connectivity index is 1.60. The zero-order valence-corrected chi connectivity index (χ0v) is 19.6. The molecule has 0 bridgehead atoms. The molecule has 33 heavy (non-hydrogen) atoms. The van der Waals surface area contributed by atoms with Crippen molar-refractivity contribution in [3.05, 3.63) is 94.0 Å². The molecular weight excluding hydrogens is 461 g/mol. The molecule has 3 aromatic rings. The van der Waals surface area contributed by atoms with Gasteiger partial charge in [-0.05, 0) is 60.0 Å². The van der Waals surface area contributed by atoms with Gasteiger partial charge in [-0.2, -0.15) is 0 Å². The summed E-state index contributed by atoms with van der Waals surface area (Å²) in [6.45, 7) is 3.96. The molecule has 6 nitrogen and oxygen atoms in total. The molecule has 8 heteroatoms. The number of rotatable bonds is 6. The molecule has 0 aromatic heterocycles. The number of nitrogens with one attached hydrogen (secondary N) is 3. The van der Waals surface area contributed by atoms with Gasteiger partial charge in [0.2, 0.25) is 5.91 Å². The summed E-state index contributed by atoms with van der Waals surface area (Å²) in [6, 6.07) is 19.6.